The van der Waals surface area contributed by atoms with Crippen LogP contribution in [-0.2, 0) is 20.8 Å². The number of halogens is 1. The highest BCUT2D eigenvalue weighted by Gasteiger charge is 2.30. The molecule has 8 heteroatoms. The van der Waals surface area contributed by atoms with Crippen molar-refractivity contribution in [2.75, 3.05) is 0 Å². The van der Waals surface area contributed by atoms with Gasteiger partial charge in [0, 0.05) is 25.7 Å². The first-order valence-corrected chi connectivity index (χ1v) is 7.66. The molecule has 0 heterocycles. The molecule has 0 bridgehead atoms. The molecule has 0 saturated heterocycles. The molecule has 0 fully saturated rings. The minimum atomic E-state index is -1.29. The van der Waals surface area contributed by atoms with Crippen LogP contribution in [0.25, 0.3) is 0 Å². The van der Waals surface area contributed by atoms with Gasteiger partial charge in [-0.3, -0.25) is 9.59 Å². The minimum Gasteiger partial charge on any atom is -0.480 e. The lowest BCUT2D eigenvalue weighted by molar-refractivity contribution is -0.143. The topological polar surface area (TPSA) is 119 Å². The van der Waals surface area contributed by atoms with Crippen molar-refractivity contribution in [1.29, 1.82) is 5.26 Å². The van der Waals surface area contributed by atoms with Gasteiger partial charge in [-0.25, -0.2) is 9.18 Å². The Kier molecular flexibility index (Phi) is 7.53. The molecular weight excluding hydrogens is 329 g/mol. The van der Waals surface area contributed by atoms with E-state index in [1.807, 2.05) is 6.07 Å². The molecule has 3 N–H and O–H groups in total. The fourth-order valence-electron chi connectivity index (χ4n) is 2.30. The maximum atomic E-state index is 13.8. The lowest BCUT2D eigenvalue weighted by Crippen LogP contribution is -2.54. The van der Waals surface area contributed by atoms with Crippen LogP contribution in [-0.4, -0.2) is 35.0 Å². The van der Waals surface area contributed by atoms with Crippen molar-refractivity contribution in [3.8, 4) is 6.07 Å². The second-order valence-electron chi connectivity index (χ2n) is 5.71. The van der Waals surface area contributed by atoms with Gasteiger partial charge in [0.15, 0.2) is 0 Å². The van der Waals surface area contributed by atoms with Crippen LogP contribution in [0.1, 0.15) is 25.8 Å². The molecule has 0 aliphatic carbocycles. The van der Waals surface area contributed by atoms with E-state index in [1.54, 1.807) is 6.07 Å². The quantitative estimate of drug-likeness (QED) is 0.647. The van der Waals surface area contributed by atoms with E-state index in [2.05, 4.69) is 10.6 Å². The molecule has 134 valence electrons. The van der Waals surface area contributed by atoms with Gasteiger partial charge < -0.3 is 15.7 Å². The first-order valence-electron chi connectivity index (χ1n) is 7.66. The lowest BCUT2D eigenvalue weighted by atomic mass is 9.97. The Hall–Kier alpha value is -2.95. The maximum Gasteiger partial charge on any atom is 0.326 e. The average Bonchev–Trinajstić information content (AvgIpc) is 2.53. The van der Waals surface area contributed by atoms with Crippen LogP contribution in [0.3, 0.4) is 0 Å². The number of nitriles is 1. The van der Waals surface area contributed by atoms with Crippen LogP contribution < -0.4 is 10.6 Å². The zero-order valence-corrected chi connectivity index (χ0v) is 14.0. The van der Waals surface area contributed by atoms with Gasteiger partial charge in [0.05, 0.1) is 6.07 Å². The molecule has 2 amide bonds. The first-order chi connectivity index (χ1) is 11.8. The highest BCUT2D eigenvalue weighted by atomic mass is 19.1. The smallest absolute Gasteiger partial charge is 0.326 e. The van der Waals surface area contributed by atoms with Crippen LogP contribution in [0, 0.1) is 23.1 Å². The lowest BCUT2D eigenvalue weighted by Gasteiger charge is -2.23. The third-order valence-electron chi connectivity index (χ3n) is 3.62. The number of rotatable bonds is 8. The van der Waals surface area contributed by atoms with Crippen LogP contribution in [0.4, 0.5) is 4.39 Å². The molecule has 0 unspecified atom stereocenters. The van der Waals surface area contributed by atoms with E-state index in [0.29, 0.717) is 0 Å². The highest BCUT2D eigenvalue weighted by molar-refractivity contribution is 5.90. The third kappa shape index (κ3) is 6.22. The number of benzene rings is 1. The molecular formula is C17H20FN3O4. The molecule has 0 saturated carbocycles. The monoisotopic (exact) mass is 349 g/mol. The van der Waals surface area contributed by atoms with Gasteiger partial charge in [0.1, 0.15) is 17.9 Å². The summed E-state index contributed by atoms with van der Waals surface area (Å²) in [5.41, 5.74) is 0.216. The SMILES string of the molecule is CC(=O)N[C@H](Cc1ccccc1F)C(=O)N[C@@H](C(=O)O)[C@@H](C)CC#N. The summed E-state index contributed by atoms with van der Waals surface area (Å²) in [6.45, 7) is 2.72. The standard InChI is InChI=1S/C17H20FN3O4/c1-10(7-8-19)15(17(24)25)21-16(23)14(20-11(2)22)9-12-5-3-4-6-13(12)18/h3-6,10,14-15H,7,9H2,1-2H3,(H,20,22)(H,21,23)(H,24,25)/t10-,14+,15+/m0/s1. The number of hydrogen-bond acceptors (Lipinski definition) is 4. The van der Waals surface area contributed by atoms with Crippen LogP contribution >= 0.6 is 0 Å². The van der Waals surface area contributed by atoms with E-state index in [-0.39, 0.29) is 18.4 Å². The summed E-state index contributed by atoms with van der Waals surface area (Å²) >= 11 is 0. The number of carbonyl (C=O) groups excluding carboxylic acids is 2. The number of carbonyl (C=O) groups is 3. The average molecular weight is 349 g/mol. The third-order valence-corrected chi connectivity index (χ3v) is 3.62. The van der Waals surface area contributed by atoms with Gasteiger partial charge in [-0.2, -0.15) is 5.26 Å². The largest absolute Gasteiger partial charge is 0.480 e. The molecule has 25 heavy (non-hydrogen) atoms. The molecule has 3 atom stereocenters. The van der Waals surface area contributed by atoms with E-state index in [9.17, 15) is 23.9 Å². The molecule has 7 nitrogen and oxygen atoms in total. The van der Waals surface area contributed by atoms with Gasteiger partial charge in [0.2, 0.25) is 11.8 Å². The van der Waals surface area contributed by atoms with Crippen molar-refractivity contribution in [3.63, 3.8) is 0 Å². The Morgan fingerprint density at radius 1 is 1.28 bits per heavy atom. The van der Waals surface area contributed by atoms with Crippen LogP contribution in [0.5, 0.6) is 0 Å². The number of amides is 2. The van der Waals surface area contributed by atoms with Crippen LogP contribution in [0.2, 0.25) is 0 Å². The second kappa shape index (κ2) is 9.37. The Balaban J connectivity index is 2.96. The molecule has 0 aliphatic heterocycles. The van der Waals surface area contributed by atoms with Crippen LogP contribution in [0.15, 0.2) is 24.3 Å². The Morgan fingerprint density at radius 2 is 1.92 bits per heavy atom. The predicted molar refractivity (Wildman–Crippen MR) is 86.7 cm³/mol. The zero-order chi connectivity index (χ0) is 19.0. The van der Waals surface area contributed by atoms with E-state index in [0.717, 1.165) is 0 Å². The number of nitrogens with one attached hydrogen (secondary N) is 2. The van der Waals surface area contributed by atoms with Gasteiger partial charge in [0.25, 0.3) is 0 Å². The number of carboxylic acid groups (broad SMARTS) is 1. The van der Waals surface area contributed by atoms with Gasteiger partial charge >= 0.3 is 5.97 Å². The Bertz CT molecular complexity index is 687. The summed E-state index contributed by atoms with van der Waals surface area (Å²) in [5.74, 6) is -3.70. The summed E-state index contributed by atoms with van der Waals surface area (Å²) in [4.78, 5) is 35.1. The molecule has 0 aromatic heterocycles. The maximum absolute atomic E-state index is 13.8. The van der Waals surface area contributed by atoms with E-state index in [4.69, 9.17) is 5.26 Å². The minimum absolute atomic E-state index is 0.0602. The predicted octanol–water partition coefficient (Wildman–Crippen LogP) is 0.992. The molecule has 0 radical (unpaired) electrons. The molecule has 1 aromatic rings. The van der Waals surface area contributed by atoms with Gasteiger partial charge in [-0.15, -0.1) is 0 Å². The fourth-order valence-corrected chi connectivity index (χ4v) is 2.30. The summed E-state index contributed by atoms with van der Waals surface area (Å²) in [5, 5.41) is 22.7. The van der Waals surface area contributed by atoms with Crippen molar-refractivity contribution < 1.29 is 23.9 Å². The number of nitrogens with zero attached hydrogens (tertiary/aromatic N) is 1. The molecule has 0 spiro atoms. The summed E-state index contributed by atoms with van der Waals surface area (Å²) in [6, 6.07) is 5.22. The van der Waals surface area contributed by atoms with Crippen molar-refractivity contribution in [3.05, 3.63) is 35.6 Å². The van der Waals surface area contributed by atoms with Crippen molar-refractivity contribution in [2.24, 2.45) is 5.92 Å². The van der Waals surface area contributed by atoms with Gasteiger partial charge in [-0.1, -0.05) is 25.1 Å². The van der Waals surface area contributed by atoms with E-state index >= 15 is 0 Å². The van der Waals surface area contributed by atoms with Gasteiger partial charge in [-0.05, 0) is 11.6 Å². The Morgan fingerprint density at radius 3 is 2.44 bits per heavy atom. The Labute approximate surface area is 144 Å². The van der Waals surface area contributed by atoms with Crippen molar-refractivity contribution >= 4 is 17.8 Å². The summed E-state index contributed by atoms with van der Waals surface area (Å²) < 4.78 is 13.8. The number of aliphatic carboxylic acids is 1. The first kappa shape index (κ1) is 20.1. The normalized spacial score (nSPS) is 13.8. The van der Waals surface area contributed by atoms with E-state index in [1.165, 1.54) is 32.0 Å². The number of carboxylic acids is 1. The summed E-state index contributed by atoms with van der Waals surface area (Å²) in [6.07, 6.45) is -0.188. The number of hydrogen-bond donors (Lipinski definition) is 3. The van der Waals surface area contributed by atoms with Crippen molar-refractivity contribution in [2.45, 2.75) is 38.8 Å². The van der Waals surface area contributed by atoms with E-state index < -0.39 is 41.6 Å². The molecule has 1 aromatic carbocycles. The molecule has 0 aliphatic rings. The second-order valence-corrected chi connectivity index (χ2v) is 5.71. The highest BCUT2D eigenvalue weighted by Crippen LogP contribution is 2.12. The molecule has 1 rings (SSSR count). The fraction of sp³-hybridized carbons (Fsp3) is 0.412. The van der Waals surface area contributed by atoms with Crippen molar-refractivity contribution in [1.82, 2.24) is 10.6 Å². The summed E-state index contributed by atoms with van der Waals surface area (Å²) in [7, 11) is 0. The zero-order valence-electron chi connectivity index (χ0n) is 14.0.